The molecule has 2 amide bonds. The molecule has 0 saturated carbocycles. The van der Waals surface area contributed by atoms with E-state index in [0.717, 1.165) is 12.8 Å². The lowest BCUT2D eigenvalue weighted by Gasteiger charge is -2.07. The van der Waals surface area contributed by atoms with Crippen LogP contribution >= 0.6 is 0 Å². The minimum Gasteiger partial charge on any atom is -0.352 e. The van der Waals surface area contributed by atoms with Crippen molar-refractivity contribution in [3.05, 3.63) is 83.9 Å². The van der Waals surface area contributed by atoms with Crippen molar-refractivity contribution in [3.8, 4) is 0 Å². The first kappa shape index (κ1) is 17.5. The Hall–Kier alpha value is -2.88. The molecule has 4 heteroatoms. The molecule has 124 valence electrons. The van der Waals surface area contributed by atoms with Gasteiger partial charge in [-0.05, 0) is 36.6 Å². The average molecular weight is 322 g/mol. The Morgan fingerprint density at radius 3 is 2.25 bits per heavy atom. The van der Waals surface area contributed by atoms with Crippen molar-refractivity contribution < 1.29 is 9.59 Å². The molecule has 2 aromatic rings. The summed E-state index contributed by atoms with van der Waals surface area (Å²) in [7, 11) is 0. The summed E-state index contributed by atoms with van der Waals surface area (Å²) in [6.45, 7) is 4.55. The van der Waals surface area contributed by atoms with Crippen molar-refractivity contribution in [1.29, 1.82) is 0 Å². The molecule has 0 radical (unpaired) electrons. The van der Waals surface area contributed by atoms with E-state index < -0.39 is 0 Å². The second-order valence-electron chi connectivity index (χ2n) is 5.42. The fraction of sp³-hybridized carbons (Fsp3) is 0.200. The predicted molar refractivity (Wildman–Crippen MR) is 96.1 cm³/mol. The van der Waals surface area contributed by atoms with Gasteiger partial charge in [0.15, 0.2) is 0 Å². The molecule has 0 saturated heterocycles. The third-order valence-corrected chi connectivity index (χ3v) is 3.56. The van der Waals surface area contributed by atoms with Gasteiger partial charge in [0.05, 0.1) is 0 Å². The monoisotopic (exact) mass is 322 g/mol. The molecule has 2 aromatic carbocycles. The Labute approximate surface area is 142 Å². The van der Waals surface area contributed by atoms with Crippen LogP contribution in [0.3, 0.4) is 0 Å². The van der Waals surface area contributed by atoms with Crippen molar-refractivity contribution in [3.63, 3.8) is 0 Å². The minimum atomic E-state index is -0.214. The first-order valence-electron chi connectivity index (χ1n) is 8.02. The van der Waals surface area contributed by atoms with Crippen LogP contribution in [0.2, 0.25) is 0 Å². The standard InChI is InChI=1S/C20H22N2O2/c1-2-13-21-19(23)17-11-6-12-18(15-17)20(24)22-14-7-10-16-8-4-3-5-9-16/h2-6,8-9,11-12,15H,1,7,10,13-14H2,(H,21,23)(H,22,24). The average Bonchev–Trinajstić information content (AvgIpc) is 2.64. The second-order valence-corrected chi connectivity index (χ2v) is 5.42. The zero-order valence-electron chi connectivity index (χ0n) is 13.6. The van der Waals surface area contributed by atoms with Crippen LogP contribution in [0.4, 0.5) is 0 Å². The quantitative estimate of drug-likeness (QED) is 0.580. The van der Waals surface area contributed by atoms with Gasteiger partial charge in [-0.1, -0.05) is 42.5 Å². The third kappa shape index (κ3) is 5.39. The summed E-state index contributed by atoms with van der Waals surface area (Å²) < 4.78 is 0. The van der Waals surface area contributed by atoms with Crippen LogP contribution in [0, 0.1) is 0 Å². The van der Waals surface area contributed by atoms with Crippen LogP contribution in [0.1, 0.15) is 32.7 Å². The molecule has 0 bridgehead atoms. The molecule has 0 unspecified atom stereocenters. The summed E-state index contributed by atoms with van der Waals surface area (Å²) in [6.07, 6.45) is 3.40. The molecular weight excluding hydrogens is 300 g/mol. The van der Waals surface area contributed by atoms with Gasteiger partial charge in [-0.2, -0.15) is 0 Å². The van der Waals surface area contributed by atoms with Crippen LogP contribution in [0.25, 0.3) is 0 Å². The lowest BCUT2D eigenvalue weighted by molar-refractivity contribution is 0.0953. The van der Waals surface area contributed by atoms with Gasteiger partial charge in [-0.3, -0.25) is 9.59 Å². The normalized spacial score (nSPS) is 10.0. The first-order valence-corrected chi connectivity index (χ1v) is 8.02. The highest BCUT2D eigenvalue weighted by molar-refractivity contribution is 5.99. The topological polar surface area (TPSA) is 58.2 Å². The number of nitrogens with one attached hydrogen (secondary N) is 2. The van der Waals surface area contributed by atoms with E-state index >= 15 is 0 Å². The number of benzene rings is 2. The van der Waals surface area contributed by atoms with Gasteiger partial charge in [-0.15, -0.1) is 6.58 Å². The molecule has 4 nitrogen and oxygen atoms in total. The highest BCUT2D eigenvalue weighted by atomic mass is 16.2. The summed E-state index contributed by atoms with van der Waals surface area (Å²) in [5.41, 5.74) is 2.21. The smallest absolute Gasteiger partial charge is 0.251 e. The second kappa shape index (κ2) is 9.30. The van der Waals surface area contributed by atoms with Crippen LogP contribution in [-0.4, -0.2) is 24.9 Å². The summed E-state index contributed by atoms with van der Waals surface area (Å²) in [6, 6.07) is 16.9. The fourth-order valence-corrected chi connectivity index (χ4v) is 2.31. The van der Waals surface area contributed by atoms with E-state index in [2.05, 4.69) is 29.3 Å². The molecular formula is C20H22N2O2. The zero-order chi connectivity index (χ0) is 17.2. The van der Waals surface area contributed by atoms with Gasteiger partial charge in [0.1, 0.15) is 0 Å². The number of carbonyl (C=O) groups is 2. The van der Waals surface area contributed by atoms with E-state index in [4.69, 9.17) is 0 Å². The number of hydrogen-bond acceptors (Lipinski definition) is 2. The van der Waals surface area contributed by atoms with Gasteiger partial charge < -0.3 is 10.6 Å². The van der Waals surface area contributed by atoms with E-state index in [-0.39, 0.29) is 11.8 Å². The van der Waals surface area contributed by atoms with Crippen molar-refractivity contribution in [1.82, 2.24) is 10.6 Å². The maximum absolute atomic E-state index is 12.2. The van der Waals surface area contributed by atoms with Crippen molar-refractivity contribution in [2.45, 2.75) is 12.8 Å². The Balaban J connectivity index is 1.83. The molecule has 0 aliphatic heterocycles. The van der Waals surface area contributed by atoms with E-state index in [1.165, 1.54) is 5.56 Å². The maximum atomic E-state index is 12.2. The lowest BCUT2D eigenvalue weighted by atomic mass is 10.1. The van der Waals surface area contributed by atoms with E-state index in [1.807, 2.05) is 18.2 Å². The van der Waals surface area contributed by atoms with Crippen LogP contribution in [0.5, 0.6) is 0 Å². The van der Waals surface area contributed by atoms with Crippen molar-refractivity contribution in [2.75, 3.05) is 13.1 Å². The molecule has 0 aliphatic carbocycles. The van der Waals surface area contributed by atoms with Crippen LogP contribution in [-0.2, 0) is 6.42 Å². The molecule has 0 aliphatic rings. The summed E-state index contributed by atoms with van der Waals surface area (Å²) in [5, 5.41) is 5.59. The summed E-state index contributed by atoms with van der Waals surface area (Å²) in [5.74, 6) is -0.380. The molecule has 24 heavy (non-hydrogen) atoms. The van der Waals surface area contributed by atoms with E-state index in [9.17, 15) is 9.59 Å². The molecule has 0 aromatic heterocycles. The van der Waals surface area contributed by atoms with Gasteiger partial charge >= 0.3 is 0 Å². The van der Waals surface area contributed by atoms with E-state index in [0.29, 0.717) is 24.2 Å². The molecule has 2 rings (SSSR count). The molecule has 0 fully saturated rings. The minimum absolute atomic E-state index is 0.165. The molecule has 2 N–H and O–H groups in total. The van der Waals surface area contributed by atoms with Gasteiger partial charge in [0, 0.05) is 24.2 Å². The Kier molecular flexibility index (Phi) is 6.77. The van der Waals surface area contributed by atoms with Crippen LogP contribution < -0.4 is 10.6 Å². The lowest BCUT2D eigenvalue weighted by Crippen LogP contribution is -2.26. The van der Waals surface area contributed by atoms with Gasteiger partial charge in [-0.25, -0.2) is 0 Å². The van der Waals surface area contributed by atoms with E-state index in [1.54, 1.807) is 30.3 Å². The van der Waals surface area contributed by atoms with Gasteiger partial charge in [0.25, 0.3) is 11.8 Å². The summed E-state index contributed by atoms with van der Waals surface area (Å²) >= 11 is 0. The molecule has 0 heterocycles. The van der Waals surface area contributed by atoms with Crippen molar-refractivity contribution >= 4 is 11.8 Å². The number of hydrogen-bond donors (Lipinski definition) is 2. The largest absolute Gasteiger partial charge is 0.352 e. The van der Waals surface area contributed by atoms with Crippen LogP contribution in [0.15, 0.2) is 67.3 Å². The molecule has 0 atom stereocenters. The number of rotatable bonds is 8. The van der Waals surface area contributed by atoms with Crippen molar-refractivity contribution in [2.24, 2.45) is 0 Å². The Morgan fingerprint density at radius 2 is 1.58 bits per heavy atom. The SMILES string of the molecule is C=CCNC(=O)c1cccc(C(=O)NCCCc2ccccc2)c1. The highest BCUT2D eigenvalue weighted by Crippen LogP contribution is 2.06. The zero-order valence-corrected chi connectivity index (χ0v) is 13.6. The maximum Gasteiger partial charge on any atom is 0.251 e. The number of aryl methyl sites for hydroxylation is 1. The predicted octanol–water partition coefficient (Wildman–Crippen LogP) is 2.97. The molecule has 0 spiro atoms. The first-order chi connectivity index (χ1) is 11.7. The van der Waals surface area contributed by atoms with Gasteiger partial charge in [0.2, 0.25) is 0 Å². The highest BCUT2D eigenvalue weighted by Gasteiger charge is 2.09. The number of amides is 2. The fourth-order valence-electron chi connectivity index (χ4n) is 2.31. The third-order valence-electron chi connectivity index (χ3n) is 3.56. The Morgan fingerprint density at radius 1 is 0.917 bits per heavy atom. The summed E-state index contributed by atoms with van der Waals surface area (Å²) in [4.78, 5) is 24.1. The number of carbonyl (C=O) groups excluding carboxylic acids is 2. The Bertz CT molecular complexity index is 696.